The first-order valence-electron chi connectivity index (χ1n) is 10.8. The quantitative estimate of drug-likeness (QED) is 0.642. The summed E-state index contributed by atoms with van der Waals surface area (Å²) in [4.78, 5) is 20.2. The van der Waals surface area contributed by atoms with Crippen LogP contribution in [0.4, 0.5) is 10.1 Å². The fourth-order valence-electron chi connectivity index (χ4n) is 4.76. The lowest BCUT2D eigenvalue weighted by Gasteiger charge is -2.43. The van der Waals surface area contributed by atoms with Crippen molar-refractivity contribution in [1.82, 2.24) is 9.80 Å². The molecule has 1 amide bonds. The highest BCUT2D eigenvalue weighted by Crippen LogP contribution is 2.31. The molecule has 2 aliphatic heterocycles. The first kappa shape index (κ1) is 19.8. The molecule has 0 radical (unpaired) electrons. The smallest absolute Gasteiger partial charge is 0.254 e. The number of para-hydroxylation sites is 1. The van der Waals surface area contributed by atoms with E-state index in [1.807, 2.05) is 17.0 Å². The largest absolute Gasteiger partial charge is 0.364 e. The second-order valence-corrected chi connectivity index (χ2v) is 8.39. The SMILES string of the molecule is O=C(c1ccc(F)cc1)N1Cc2ccccc2N2CCN(Cc3ccccc3)CC2C1. The van der Waals surface area contributed by atoms with E-state index >= 15 is 0 Å². The van der Waals surface area contributed by atoms with Gasteiger partial charge in [0.05, 0.1) is 6.04 Å². The summed E-state index contributed by atoms with van der Waals surface area (Å²) in [6.45, 7) is 4.96. The van der Waals surface area contributed by atoms with Crippen LogP contribution in [-0.2, 0) is 13.1 Å². The third-order valence-corrected chi connectivity index (χ3v) is 6.29. The molecule has 1 unspecified atom stereocenters. The summed E-state index contributed by atoms with van der Waals surface area (Å²) in [6.07, 6.45) is 0. The molecule has 1 fully saturated rings. The Kier molecular flexibility index (Phi) is 5.43. The standard InChI is InChI=1S/C26H26FN3O/c27-23-12-10-21(11-13-23)26(31)29-17-22-8-4-5-9-25(22)30-15-14-28(18-24(30)19-29)16-20-6-2-1-3-7-20/h1-13,24H,14-19H2. The average Bonchev–Trinajstić information content (AvgIpc) is 2.96. The molecule has 0 N–H and O–H groups in total. The molecular weight excluding hydrogens is 389 g/mol. The molecule has 4 nitrogen and oxygen atoms in total. The Morgan fingerprint density at radius 1 is 0.871 bits per heavy atom. The zero-order valence-corrected chi connectivity index (χ0v) is 17.5. The maximum atomic E-state index is 13.4. The van der Waals surface area contributed by atoms with Gasteiger partial charge in [-0.2, -0.15) is 0 Å². The van der Waals surface area contributed by atoms with Crippen LogP contribution in [0.5, 0.6) is 0 Å². The Morgan fingerprint density at radius 2 is 1.61 bits per heavy atom. The summed E-state index contributed by atoms with van der Waals surface area (Å²) >= 11 is 0. The number of hydrogen-bond acceptors (Lipinski definition) is 3. The van der Waals surface area contributed by atoms with Gasteiger partial charge in [-0.1, -0.05) is 48.5 Å². The van der Waals surface area contributed by atoms with E-state index in [2.05, 4.69) is 52.3 Å². The van der Waals surface area contributed by atoms with Crippen LogP contribution < -0.4 is 4.90 Å². The molecule has 3 aromatic rings. The fourth-order valence-corrected chi connectivity index (χ4v) is 4.76. The van der Waals surface area contributed by atoms with Crippen LogP contribution in [-0.4, -0.2) is 47.9 Å². The summed E-state index contributed by atoms with van der Waals surface area (Å²) in [6, 6.07) is 25.0. The van der Waals surface area contributed by atoms with Crippen LogP contribution >= 0.6 is 0 Å². The molecule has 0 aliphatic carbocycles. The van der Waals surface area contributed by atoms with Gasteiger partial charge in [0, 0.05) is 50.5 Å². The van der Waals surface area contributed by atoms with Gasteiger partial charge in [0.2, 0.25) is 0 Å². The van der Waals surface area contributed by atoms with Gasteiger partial charge in [0.15, 0.2) is 0 Å². The highest BCUT2D eigenvalue weighted by Gasteiger charge is 2.34. The highest BCUT2D eigenvalue weighted by atomic mass is 19.1. The highest BCUT2D eigenvalue weighted by molar-refractivity contribution is 5.94. The number of hydrogen-bond donors (Lipinski definition) is 0. The van der Waals surface area contributed by atoms with Crippen LogP contribution in [0.1, 0.15) is 21.5 Å². The van der Waals surface area contributed by atoms with E-state index in [0.29, 0.717) is 18.7 Å². The topological polar surface area (TPSA) is 26.8 Å². The molecule has 1 atom stereocenters. The predicted octanol–water partition coefficient (Wildman–Crippen LogP) is 4.17. The van der Waals surface area contributed by atoms with Gasteiger partial charge in [0.1, 0.15) is 5.82 Å². The lowest BCUT2D eigenvalue weighted by molar-refractivity contribution is 0.0718. The van der Waals surface area contributed by atoms with Crippen molar-refractivity contribution in [3.63, 3.8) is 0 Å². The van der Waals surface area contributed by atoms with Gasteiger partial charge >= 0.3 is 0 Å². The van der Waals surface area contributed by atoms with E-state index in [9.17, 15) is 9.18 Å². The molecule has 2 aliphatic rings. The number of rotatable bonds is 3. The van der Waals surface area contributed by atoms with Crippen LogP contribution in [0.25, 0.3) is 0 Å². The molecule has 0 saturated carbocycles. The molecule has 5 rings (SSSR count). The Hall–Kier alpha value is -3.18. The summed E-state index contributed by atoms with van der Waals surface area (Å²) in [5.41, 5.74) is 4.23. The number of carbonyl (C=O) groups excluding carboxylic acids is 1. The Morgan fingerprint density at radius 3 is 2.42 bits per heavy atom. The zero-order chi connectivity index (χ0) is 21.2. The van der Waals surface area contributed by atoms with Gasteiger partial charge < -0.3 is 9.80 Å². The maximum Gasteiger partial charge on any atom is 0.254 e. The third-order valence-electron chi connectivity index (χ3n) is 6.29. The van der Waals surface area contributed by atoms with Crippen molar-refractivity contribution in [3.05, 3.63) is 101 Å². The molecule has 158 valence electrons. The van der Waals surface area contributed by atoms with Crippen molar-refractivity contribution in [2.45, 2.75) is 19.1 Å². The van der Waals surface area contributed by atoms with Crippen LogP contribution in [0.2, 0.25) is 0 Å². The number of fused-ring (bicyclic) bond motifs is 3. The number of nitrogens with zero attached hydrogens (tertiary/aromatic N) is 3. The Labute approximate surface area is 182 Å². The van der Waals surface area contributed by atoms with Gasteiger partial charge in [-0.25, -0.2) is 4.39 Å². The number of carbonyl (C=O) groups is 1. The van der Waals surface area contributed by atoms with Crippen molar-refractivity contribution in [3.8, 4) is 0 Å². The zero-order valence-electron chi connectivity index (χ0n) is 17.5. The molecule has 0 bridgehead atoms. The number of piperazine rings is 1. The lowest BCUT2D eigenvalue weighted by Crippen LogP contribution is -2.56. The lowest BCUT2D eigenvalue weighted by atomic mass is 10.1. The fraction of sp³-hybridized carbons (Fsp3) is 0.269. The number of anilines is 1. The molecule has 0 spiro atoms. The van der Waals surface area contributed by atoms with E-state index < -0.39 is 0 Å². The normalized spacial score (nSPS) is 18.8. The molecule has 3 aromatic carbocycles. The van der Waals surface area contributed by atoms with Crippen molar-refractivity contribution < 1.29 is 9.18 Å². The number of amides is 1. The molecule has 0 aromatic heterocycles. The number of benzene rings is 3. The summed E-state index contributed by atoms with van der Waals surface area (Å²) < 4.78 is 13.4. The van der Waals surface area contributed by atoms with E-state index in [1.54, 1.807) is 12.1 Å². The number of halogens is 1. The molecule has 2 heterocycles. The van der Waals surface area contributed by atoms with E-state index in [1.165, 1.54) is 23.4 Å². The minimum absolute atomic E-state index is 0.0446. The monoisotopic (exact) mass is 415 g/mol. The summed E-state index contributed by atoms with van der Waals surface area (Å²) in [5, 5.41) is 0. The van der Waals surface area contributed by atoms with Crippen LogP contribution in [0, 0.1) is 5.82 Å². The summed E-state index contributed by atoms with van der Waals surface area (Å²) in [5.74, 6) is -0.371. The van der Waals surface area contributed by atoms with Gasteiger partial charge in [-0.3, -0.25) is 9.69 Å². The predicted molar refractivity (Wildman–Crippen MR) is 120 cm³/mol. The first-order chi connectivity index (χ1) is 15.2. The van der Waals surface area contributed by atoms with E-state index in [4.69, 9.17) is 0 Å². The van der Waals surface area contributed by atoms with Gasteiger partial charge in [-0.05, 0) is 41.5 Å². The summed E-state index contributed by atoms with van der Waals surface area (Å²) in [7, 11) is 0. The van der Waals surface area contributed by atoms with Crippen molar-refractivity contribution in [2.24, 2.45) is 0 Å². The first-order valence-corrected chi connectivity index (χ1v) is 10.8. The maximum absolute atomic E-state index is 13.4. The van der Waals surface area contributed by atoms with Gasteiger partial charge in [-0.15, -0.1) is 0 Å². The molecular formula is C26H26FN3O. The minimum Gasteiger partial charge on any atom is -0.364 e. The third kappa shape index (κ3) is 4.19. The molecule has 5 heteroatoms. The Balaban J connectivity index is 1.41. The second kappa shape index (κ2) is 8.52. The molecule has 31 heavy (non-hydrogen) atoms. The second-order valence-electron chi connectivity index (χ2n) is 8.39. The van der Waals surface area contributed by atoms with Gasteiger partial charge in [0.25, 0.3) is 5.91 Å². The van der Waals surface area contributed by atoms with Crippen molar-refractivity contribution in [2.75, 3.05) is 31.1 Å². The van der Waals surface area contributed by atoms with Crippen LogP contribution in [0.15, 0.2) is 78.9 Å². The average molecular weight is 416 g/mol. The Bertz CT molecular complexity index is 1050. The van der Waals surface area contributed by atoms with E-state index in [-0.39, 0.29) is 17.8 Å². The van der Waals surface area contributed by atoms with E-state index in [0.717, 1.165) is 31.7 Å². The molecule has 1 saturated heterocycles. The van der Waals surface area contributed by atoms with Crippen LogP contribution in [0.3, 0.4) is 0 Å². The van der Waals surface area contributed by atoms with Crippen molar-refractivity contribution >= 4 is 11.6 Å². The minimum atomic E-state index is -0.326. The van der Waals surface area contributed by atoms with Crippen molar-refractivity contribution in [1.29, 1.82) is 0 Å².